The third-order valence-electron chi connectivity index (χ3n) is 2.79. The summed E-state index contributed by atoms with van der Waals surface area (Å²) in [5, 5.41) is 12.2. The van der Waals surface area contributed by atoms with Gasteiger partial charge in [0, 0.05) is 18.9 Å². The molecule has 0 radical (unpaired) electrons. The van der Waals surface area contributed by atoms with Crippen LogP contribution in [0.25, 0.3) is 0 Å². The van der Waals surface area contributed by atoms with Crippen LogP contribution in [0.3, 0.4) is 0 Å². The average Bonchev–Trinajstić information content (AvgIpc) is 3.02. The Labute approximate surface area is 87.8 Å². The molecule has 0 aromatic carbocycles. The molecule has 2 rings (SSSR count). The molecule has 2 N–H and O–H groups in total. The van der Waals surface area contributed by atoms with Crippen molar-refractivity contribution in [2.75, 3.05) is 11.9 Å². The molecular weight excluding hydrogens is 194 g/mol. The molecule has 1 aliphatic rings. The van der Waals surface area contributed by atoms with Crippen LogP contribution >= 0.6 is 0 Å². The highest BCUT2D eigenvalue weighted by Crippen LogP contribution is 2.37. The van der Waals surface area contributed by atoms with Crippen LogP contribution in [0.2, 0.25) is 0 Å². The van der Waals surface area contributed by atoms with E-state index in [1.807, 2.05) is 6.92 Å². The molecule has 0 atom stereocenters. The van der Waals surface area contributed by atoms with Gasteiger partial charge in [0.1, 0.15) is 0 Å². The van der Waals surface area contributed by atoms with E-state index in [4.69, 9.17) is 5.11 Å². The highest BCUT2D eigenvalue weighted by atomic mass is 16.3. The van der Waals surface area contributed by atoms with Crippen LogP contribution in [0.4, 0.5) is 5.82 Å². The van der Waals surface area contributed by atoms with Gasteiger partial charge in [-0.3, -0.25) is 4.79 Å². The van der Waals surface area contributed by atoms with Crippen molar-refractivity contribution in [2.45, 2.75) is 31.8 Å². The fraction of sp³-hybridized carbons (Fsp3) is 0.600. The van der Waals surface area contributed by atoms with E-state index in [1.165, 1.54) is 0 Å². The van der Waals surface area contributed by atoms with Gasteiger partial charge in [-0.1, -0.05) is 0 Å². The van der Waals surface area contributed by atoms with Gasteiger partial charge in [0.25, 0.3) is 5.56 Å². The standard InChI is InChI=1S/C10H15N3O2/c1-2-13-6-5-11-8(9(13)15)12-10(7-14)3-4-10/h5-6,14H,2-4,7H2,1H3,(H,11,12). The van der Waals surface area contributed by atoms with Crippen LogP contribution in [0.15, 0.2) is 17.2 Å². The second kappa shape index (κ2) is 3.66. The molecule has 0 aliphatic heterocycles. The number of aryl methyl sites for hydroxylation is 1. The lowest BCUT2D eigenvalue weighted by Crippen LogP contribution is -2.32. The summed E-state index contributed by atoms with van der Waals surface area (Å²) in [6.45, 7) is 2.58. The molecular formula is C10H15N3O2. The van der Waals surface area contributed by atoms with Gasteiger partial charge < -0.3 is 15.0 Å². The number of aromatic nitrogens is 2. The fourth-order valence-corrected chi connectivity index (χ4v) is 1.51. The first kappa shape index (κ1) is 10.2. The summed E-state index contributed by atoms with van der Waals surface area (Å²) in [5.41, 5.74) is -0.418. The van der Waals surface area contributed by atoms with Gasteiger partial charge in [-0.2, -0.15) is 0 Å². The topological polar surface area (TPSA) is 67.2 Å². The minimum absolute atomic E-state index is 0.0507. The molecule has 1 aromatic heterocycles. The van der Waals surface area contributed by atoms with Gasteiger partial charge in [-0.05, 0) is 19.8 Å². The second-order valence-electron chi connectivity index (χ2n) is 3.93. The SMILES string of the molecule is CCn1ccnc(NC2(CO)CC2)c1=O. The van der Waals surface area contributed by atoms with Gasteiger partial charge in [0.05, 0.1) is 12.1 Å². The van der Waals surface area contributed by atoms with Crippen molar-refractivity contribution in [3.05, 3.63) is 22.7 Å². The maximum atomic E-state index is 11.8. The van der Waals surface area contributed by atoms with Gasteiger partial charge in [-0.15, -0.1) is 0 Å². The largest absolute Gasteiger partial charge is 0.394 e. The van der Waals surface area contributed by atoms with Crippen LogP contribution in [-0.2, 0) is 6.54 Å². The first-order valence-corrected chi connectivity index (χ1v) is 5.15. The molecule has 0 amide bonds. The average molecular weight is 209 g/mol. The van der Waals surface area contributed by atoms with Crippen molar-refractivity contribution in [3.8, 4) is 0 Å². The third kappa shape index (κ3) is 1.87. The van der Waals surface area contributed by atoms with Crippen LogP contribution in [0, 0.1) is 0 Å². The number of rotatable bonds is 4. The van der Waals surface area contributed by atoms with E-state index < -0.39 is 0 Å². The Kier molecular flexibility index (Phi) is 2.48. The summed E-state index contributed by atoms with van der Waals surface area (Å²) >= 11 is 0. The molecule has 1 saturated carbocycles. The monoisotopic (exact) mass is 209 g/mol. The lowest BCUT2D eigenvalue weighted by atomic mass is 10.3. The maximum absolute atomic E-state index is 11.8. The maximum Gasteiger partial charge on any atom is 0.293 e. The zero-order chi connectivity index (χ0) is 10.9. The summed E-state index contributed by atoms with van der Waals surface area (Å²) in [6.07, 6.45) is 5.05. The Bertz CT molecular complexity index is 409. The number of nitrogens with zero attached hydrogens (tertiary/aromatic N) is 2. The quantitative estimate of drug-likeness (QED) is 0.743. The Morgan fingerprint density at radius 3 is 2.93 bits per heavy atom. The van der Waals surface area contributed by atoms with Gasteiger partial charge in [-0.25, -0.2) is 4.98 Å². The van der Waals surface area contributed by atoms with Crippen LogP contribution < -0.4 is 10.9 Å². The van der Waals surface area contributed by atoms with E-state index in [2.05, 4.69) is 10.3 Å². The number of hydrogen-bond acceptors (Lipinski definition) is 4. The Hall–Kier alpha value is -1.36. The molecule has 82 valence electrons. The summed E-state index contributed by atoms with van der Waals surface area (Å²) in [7, 11) is 0. The van der Waals surface area contributed by atoms with Crippen molar-refractivity contribution in [1.29, 1.82) is 0 Å². The highest BCUT2D eigenvalue weighted by molar-refractivity contribution is 5.38. The molecule has 1 aliphatic carbocycles. The van der Waals surface area contributed by atoms with Crippen molar-refractivity contribution < 1.29 is 5.11 Å². The van der Waals surface area contributed by atoms with E-state index in [0.29, 0.717) is 12.4 Å². The van der Waals surface area contributed by atoms with Gasteiger partial charge in [0.15, 0.2) is 5.82 Å². The molecule has 15 heavy (non-hydrogen) atoms. The van der Waals surface area contributed by atoms with Crippen LogP contribution in [-0.4, -0.2) is 26.8 Å². The minimum Gasteiger partial charge on any atom is -0.394 e. The highest BCUT2D eigenvalue weighted by Gasteiger charge is 2.42. The van der Waals surface area contributed by atoms with Gasteiger partial charge in [0.2, 0.25) is 0 Å². The van der Waals surface area contributed by atoms with Crippen molar-refractivity contribution in [1.82, 2.24) is 9.55 Å². The molecule has 0 bridgehead atoms. The Morgan fingerprint density at radius 2 is 2.40 bits per heavy atom. The van der Waals surface area contributed by atoms with Crippen molar-refractivity contribution in [3.63, 3.8) is 0 Å². The predicted octanol–water partition coefficient (Wildman–Crippen LogP) is 0.200. The molecule has 0 saturated heterocycles. The summed E-state index contributed by atoms with van der Waals surface area (Å²) in [4.78, 5) is 15.8. The molecule has 0 spiro atoms. The van der Waals surface area contributed by atoms with E-state index in [9.17, 15) is 4.79 Å². The normalized spacial score (nSPS) is 17.5. The van der Waals surface area contributed by atoms with Gasteiger partial charge >= 0.3 is 0 Å². The third-order valence-corrected chi connectivity index (χ3v) is 2.79. The predicted molar refractivity (Wildman–Crippen MR) is 56.8 cm³/mol. The zero-order valence-electron chi connectivity index (χ0n) is 8.73. The number of hydrogen-bond donors (Lipinski definition) is 2. The lowest BCUT2D eigenvalue weighted by Gasteiger charge is -2.14. The molecule has 1 aromatic rings. The first-order chi connectivity index (χ1) is 7.21. The summed E-state index contributed by atoms with van der Waals surface area (Å²) < 4.78 is 1.59. The molecule has 0 unspecified atom stereocenters. The molecule has 5 nitrogen and oxygen atoms in total. The van der Waals surface area contributed by atoms with E-state index in [1.54, 1.807) is 17.0 Å². The number of aliphatic hydroxyl groups excluding tert-OH is 1. The molecule has 1 fully saturated rings. The van der Waals surface area contributed by atoms with E-state index in [-0.39, 0.29) is 17.7 Å². The zero-order valence-corrected chi connectivity index (χ0v) is 8.73. The van der Waals surface area contributed by atoms with E-state index >= 15 is 0 Å². The van der Waals surface area contributed by atoms with Crippen molar-refractivity contribution in [2.24, 2.45) is 0 Å². The summed E-state index contributed by atoms with van der Waals surface area (Å²) in [5.74, 6) is 0.339. The number of anilines is 1. The van der Waals surface area contributed by atoms with E-state index in [0.717, 1.165) is 12.8 Å². The summed E-state index contributed by atoms with van der Waals surface area (Å²) in [6, 6.07) is 0. The minimum atomic E-state index is -0.293. The smallest absolute Gasteiger partial charge is 0.293 e. The Morgan fingerprint density at radius 1 is 1.67 bits per heavy atom. The van der Waals surface area contributed by atoms with Crippen molar-refractivity contribution >= 4 is 5.82 Å². The molecule has 5 heteroatoms. The first-order valence-electron chi connectivity index (χ1n) is 5.15. The Balaban J connectivity index is 2.25. The number of nitrogens with one attached hydrogen (secondary N) is 1. The van der Waals surface area contributed by atoms with Crippen LogP contribution in [0.5, 0.6) is 0 Å². The van der Waals surface area contributed by atoms with Crippen LogP contribution in [0.1, 0.15) is 19.8 Å². The lowest BCUT2D eigenvalue weighted by molar-refractivity contribution is 0.266. The molecule has 1 heterocycles. The fourth-order valence-electron chi connectivity index (χ4n) is 1.51. The second-order valence-corrected chi connectivity index (χ2v) is 3.93. The number of aliphatic hydroxyl groups is 1.